The van der Waals surface area contributed by atoms with Gasteiger partial charge in [-0.15, -0.1) is 0 Å². The van der Waals surface area contributed by atoms with Gasteiger partial charge in [0.2, 0.25) is 0 Å². The van der Waals surface area contributed by atoms with Crippen LogP contribution in [0.5, 0.6) is 0 Å². The molecule has 0 fully saturated rings. The van der Waals surface area contributed by atoms with E-state index in [1.54, 1.807) is 0 Å². The topological polar surface area (TPSA) is 58.0 Å². The van der Waals surface area contributed by atoms with Crippen LogP contribution in [0.4, 0.5) is 0 Å². The van der Waals surface area contributed by atoms with Gasteiger partial charge >= 0.3 is 0 Å². The molecule has 27 heavy (non-hydrogen) atoms. The number of aryl methyl sites for hydroxylation is 2. The van der Waals surface area contributed by atoms with Crippen LogP contribution in [0.3, 0.4) is 0 Å². The van der Waals surface area contributed by atoms with Gasteiger partial charge in [0, 0.05) is 30.0 Å². The molecule has 0 radical (unpaired) electrons. The Labute approximate surface area is 158 Å². The fourth-order valence-corrected chi connectivity index (χ4v) is 4.35. The Hall–Kier alpha value is -2.92. The first-order valence-electron chi connectivity index (χ1n) is 9.28. The lowest BCUT2D eigenvalue weighted by molar-refractivity contribution is 0.295. The van der Waals surface area contributed by atoms with Gasteiger partial charge < -0.3 is 9.42 Å². The van der Waals surface area contributed by atoms with Crippen LogP contribution >= 0.6 is 0 Å². The Bertz CT molecular complexity index is 1120. The number of fused-ring (bicyclic) bond motifs is 2. The number of hydrogen-bond acceptors (Lipinski definition) is 4. The van der Waals surface area contributed by atoms with Crippen molar-refractivity contribution >= 4 is 10.9 Å². The van der Waals surface area contributed by atoms with E-state index in [-0.39, 0.29) is 0 Å². The SMILES string of the molecule is Cc1noc(C)c1-c1ccc2c(c1)CN(C)CC2c1ccc2cn[nH]c2c1. The van der Waals surface area contributed by atoms with Crippen LogP contribution in [0.1, 0.15) is 34.1 Å². The van der Waals surface area contributed by atoms with Crippen molar-refractivity contribution in [3.8, 4) is 11.1 Å². The molecule has 0 saturated heterocycles. The minimum Gasteiger partial charge on any atom is -0.361 e. The Balaban J connectivity index is 1.61. The molecule has 5 rings (SSSR count). The van der Waals surface area contributed by atoms with Crippen LogP contribution in [0.2, 0.25) is 0 Å². The summed E-state index contributed by atoms with van der Waals surface area (Å²) in [6, 6.07) is 13.4. The third-order valence-corrected chi connectivity index (χ3v) is 5.64. The summed E-state index contributed by atoms with van der Waals surface area (Å²) in [5, 5.41) is 12.5. The average Bonchev–Trinajstić information content (AvgIpc) is 3.26. The maximum Gasteiger partial charge on any atom is 0.141 e. The molecule has 0 amide bonds. The minimum absolute atomic E-state index is 0.352. The predicted octanol–water partition coefficient (Wildman–Crippen LogP) is 4.41. The van der Waals surface area contributed by atoms with Gasteiger partial charge in [-0.25, -0.2) is 0 Å². The predicted molar refractivity (Wildman–Crippen MR) is 106 cm³/mol. The lowest BCUT2D eigenvalue weighted by atomic mass is 9.83. The molecule has 5 heteroatoms. The molecule has 2 aromatic heterocycles. The third kappa shape index (κ3) is 2.66. The molecule has 0 aliphatic carbocycles. The van der Waals surface area contributed by atoms with E-state index in [0.717, 1.165) is 41.0 Å². The van der Waals surface area contributed by atoms with Crippen molar-refractivity contribution in [3.05, 3.63) is 70.7 Å². The summed E-state index contributed by atoms with van der Waals surface area (Å²) >= 11 is 0. The maximum atomic E-state index is 5.37. The van der Waals surface area contributed by atoms with Gasteiger partial charge in [-0.05, 0) is 55.3 Å². The molecule has 5 nitrogen and oxygen atoms in total. The highest BCUT2D eigenvalue weighted by Crippen LogP contribution is 2.37. The highest BCUT2D eigenvalue weighted by atomic mass is 16.5. The Morgan fingerprint density at radius 1 is 1.15 bits per heavy atom. The summed E-state index contributed by atoms with van der Waals surface area (Å²) in [5.74, 6) is 1.23. The van der Waals surface area contributed by atoms with E-state index in [2.05, 4.69) is 63.7 Å². The lowest BCUT2D eigenvalue weighted by Crippen LogP contribution is -2.31. The second-order valence-corrected chi connectivity index (χ2v) is 7.58. The van der Waals surface area contributed by atoms with Crippen LogP contribution in [0, 0.1) is 13.8 Å². The lowest BCUT2D eigenvalue weighted by Gasteiger charge is -2.33. The quantitative estimate of drug-likeness (QED) is 0.576. The number of likely N-dealkylation sites (N-methyl/N-ethyl adjacent to an activating group) is 1. The average molecular weight is 358 g/mol. The molecule has 0 spiro atoms. The van der Waals surface area contributed by atoms with Gasteiger partial charge in [0.15, 0.2) is 0 Å². The summed E-state index contributed by atoms with van der Waals surface area (Å²) in [6.45, 7) is 5.94. The van der Waals surface area contributed by atoms with E-state index in [0.29, 0.717) is 5.92 Å². The summed E-state index contributed by atoms with van der Waals surface area (Å²) in [5.41, 5.74) is 8.43. The summed E-state index contributed by atoms with van der Waals surface area (Å²) < 4.78 is 5.37. The van der Waals surface area contributed by atoms with E-state index in [4.69, 9.17) is 4.52 Å². The van der Waals surface area contributed by atoms with Gasteiger partial charge in [0.1, 0.15) is 5.76 Å². The molecule has 1 unspecified atom stereocenters. The summed E-state index contributed by atoms with van der Waals surface area (Å²) in [6.07, 6.45) is 1.87. The first-order valence-corrected chi connectivity index (χ1v) is 9.28. The van der Waals surface area contributed by atoms with Crippen LogP contribution in [0.25, 0.3) is 22.0 Å². The van der Waals surface area contributed by atoms with Crippen molar-refractivity contribution in [2.45, 2.75) is 26.3 Å². The smallest absolute Gasteiger partial charge is 0.141 e. The first-order chi connectivity index (χ1) is 13.1. The highest BCUT2D eigenvalue weighted by molar-refractivity contribution is 5.79. The molecule has 0 saturated carbocycles. The molecular weight excluding hydrogens is 336 g/mol. The molecule has 136 valence electrons. The Kier molecular flexibility index (Phi) is 3.65. The highest BCUT2D eigenvalue weighted by Gasteiger charge is 2.26. The zero-order chi connectivity index (χ0) is 18.5. The van der Waals surface area contributed by atoms with Crippen molar-refractivity contribution in [1.29, 1.82) is 0 Å². The molecule has 1 aliphatic heterocycles. The maximum absolute atomic E-state index is 5.37. The molecular formula is C22H22N4O. The number of nitrogens with zero attached hydrogens (tertiary/aromatic N) is 3. The number of benzene rings is 2. The zero-order valence-corrected chi connectivity index (χ0v) is 15.8. The fourth-order valence-electron chi connectivity index (χ4n) is 4.35. The molecule has 3 heterocycles. The summed E-state index contributed by atoms with van der Waals surface area (Å²) in [7, 11) is 2.19. The van der Waals surface area contributed by atoms with E-state index >= 15 is 0 Å². The Morgan fingerprint density at radius 2 is 2.04 bits per heavy atom. The number of aromatic amines is 1. The summed E-state index contributed by atoms with van der Waals surface area (Å²) in [4.78, 5) is 2.39. The second kappa shape index (κ2) is 6.06. The standard InChI is InChI=1S/C22H22N4O/c1-13-22(14(2)27-25-13)16-6-7-19-18(8-16)11-26(3)12-20(19)15-4-5-17-10-23-24-21(17)9-15/h4-10,20H,11-12H2,1-3H3,(H,23,24). The van der Waals surface area contributed by atoms with Gasteiger partial charge in [-0.1, -0.05) is 29.4 Å². The fraction of sp³-hybridized carbons (Fsp3) is 0.273. The molecule has 1 aliphatic rings. The second-order valence-electron chi connectivity index (χ2n) is 7.58. The van der Waals surface area contributed by atoms with Crippen molar-refractivity contribution in [2.75, 3.05) is 13.6 Å². The van der Waals surface area contributed by atoms with E-state index < -0.39 is 0 Å². The van der Waals surface area contributed by atoms with E-state index in [1.165, 1.54) is 22.3 Å². The molecule has 2 aromatic carbocycles. The van der Waals surface area contributed by atoms with Crippen LogP contribution in [0.15, 0.2) is 47.1 Å². The van der Waals surface area contributed by atoms with Crippen LogP contribution < -0.4 is 0 Å². The first kappa shape index (κ1) is 16.3. The van der Waals surface area contributed by atoms with E-state index in [9.17, 15) is 0 Å². The number of H-pyrrole nitrogens is 1. The van der Waals surface area contributed by atoms with Crippen molar-refractivity contribution < 1.29 is 4.52 Å². The van der Waals surface area contributed by atoms with Crippen molar-refractivity contribution in [3.63, 3.8) is 0 Å². The molecule has 1 N–H and O–H groups in total. The largest absolute Gasteiger partial charge is 0.361 e. The number of hydrogen-bond donors (Lipinski definition) is 1. The molecule has 4 aromatic rings. The molecule has 0 bridgehead atoms. The van der Waals surface area contributed by atoms with Crippen LogP contribution in [-0.2, 0) is 6.54 Å². The Morgan fingerprint density at radius 3 is 2.85 bits per heavy atom. The number of nitrogens with one attached hydrogen (secondary N) is 1. The van der Waals surface area contributed by atoms with E-state index in [1.807, 2.05) is 20.0 Å². The van der Waals surface area contributed by atoms with Crippen molar-refractivity contribution in [1.82, 2.24) is 20.3 Å². The van der Waals surface area contributed by atoms with Crippen LogP contribution in [-0.4, -0.2) is 33.8 Å². The minimum atomic E-state index is 0.352. The van der Waals surface area contributed by atoms with Crippen molar-refractivity contribution in [2.24, 2.45) is 0 Å². The zero-order valence-electron chi connectivity index (χ0n) is 15.8. The van der Waals surface area contributed by atoms with Gasteiger partial charge in [-0.2, -0.15) is 5.10 Å². The van der Waals surface area contributed by atoms with Gasteiger partial charge in [0.05, 0.1) is 17.4 Å². The third-order valence-electron chi connectivity index (χ3n) is 5.64. The van der Waals surface area contributed by atoms with Gasteiger partial charge in [-0.3, -0.25) is 5.10 Å². The number of rotatable bonds is 2. The molecule has 1 atom stereocenters. The number of aromatic nitrogens is 3. The van der Waals surface area contributed by atoms with Gasteiger partial charge in [0.25, 0.3) is 0 Å². The normalized spacial score (nSPS) is 17.4. The monoisotopic (exact) mass is 358 g/mol.